The Kier molecular flexibility index (Phi) is 6.19. The third-order valence-corrected chi connectivity index (χ3v) is 6.46. The van der Waals surface area contributed by atoms with Crippen LogP contribution in [0.4, 0.5) is 6.01 Å². The summed E-state index contributed by atoms with van der Waals surface area (Å²) in [7, 11) is 0. The average molecular weight is 411 g/mol. The first-order chi connectivity index (χ1) is 14.2. The van der Waals surface area contributed by atoms with Gasteiger partial charge in [0.1, 0.15) is 5.52 Å². The first-order valence-corrected chi connectivity index (χ1v) is 11.5. The van der Waals surface area contributed by atoms with Crippen LogP contribution in [0.15, 0.2) is 45.8 Å². The normalized spacial score (nSPS) is 23.4. The summed E-state index contributed by atoms with van der Waals surface area (Å²) in [4.78, 5) is 12.2. The monoisotopic (exact) mass is 410 g/mol. The van der Waals surface area contributed by atoms with Crippen molar-refractivity contribution in [1.29, 1.82) is 0 Å². The van der Waals surface area contributed by atoms with Gasteiger partial charge in [0, 0.05) is 21.7 Å². The molecule has 1 aromatic carbocycles. The number of rotatable bonds is 2. The number of aromatic nitrogens is 1. The van der Waals surface area contributed by atoms with Crippen molar-refractivity contribution < 1.29 is 4.42 Å². The largest absolute Gasteiger partial charge is 0.423 e. The summed E-state index contributed by atoms with van der Waals surface area (Å²) in [6.45, 7) is 6.41. The molecule has 0 saturated heterocycles. The number of oxazole rings is 1. The molecule has 2 aliphatic rings. The number of aliphatic imine (C=N–C) groups is 1. The summed E-state index contributed by atoms with van der Waals surface area (Å²) in [6, 6.07) is 13.4. The summed E-state index contributed by atoms with van der Waals surface area (Å²) >= 11 is 1.86. The fourth-order valence-electron chi connectivity index (χ4n) is 4.15. The third kappa shape index (κ3) is 4.47. The van der Waals surface area contributed by atoms with E-state index in [0.29, 0.717) is 18.0 Å². The molecule has 29 heavy (non-hydrogen) atoms. The molecule has 5 nitrogen and oxygen atoms in total. The van der Waals surface area contributed by atoms with Crippen molar-refractivity contribution in [3.05, 3.63) is 46.2 Å². The van der Waals surface area contributed by atoms with Gasteiger partial charge in [-0.25, -0.2) is 4.99 Å². The molecular weight excluding hydrogens is 380 g/mol. The van der Waals surface area contributed by atoms with E-state index in [-0.39, 0.29) is 6.04 Å². The molecule has 5 rings (SSSR count). The zero-order chi connectivity index (χ0) is 20.2. The van der Waals surface area contributed by atoms with E-state index in [1.165, 1.54) is 41.9 Å². The number of guanidine groups is 1. The van der Waals surface area contributed by atoms with Crippen LogP contribution in [-0.2, 0) is 0 Å². The highest BCUT2D eigenvalue weighted by Crippen LogP contribution is 2.41. The first kappa shape index (κ1) is 20.0. The predicted molar refractivity (Wildman–Crippen MR) is 122 cm³/mol. The fourth-order valence-corrected chi connectivity index (χ4v) is 5.14. The Balaban J connectivity index is 0.000000645. The molecule has 0 radical (unpaired) electrons. The summed E-state index contributed by atoms with van der Waals surface area (Å²) in [6.07, 6.45) is 6.26. The Morgan fingerprint density at radius 1 is 1.14 bits per heavy atom. The summed E-state index contributed by atoms with van der Waals surface area (Å²) < 4.78 is 5.81. The number of anilines is 1. The third-order valence-electron chi connectivity index (χ3n) is 5.39. The van der Waals surface area contributed by atoms with Gasteiger partial charge in [-0.3, -0.25) is 5.32 Å². The number of aryl methyl sites for hydroxylation is 1. The molecule has 1 aliphatic heterocycles. The number of fused-ring (bicyclic) bond motifs is 2. The van der Waals surface area contributed by atoms with Crippen LogP contribution in [0.3, 0.4) is 0 Å². The molecule has 2 N–H and O–H groups in total. The van der Waals surface area contributed by atoms with Gasteiger partial charge in [-0.15, -0.1) is 11.3 Å². The van der Waals surface area contributed by atoms with E-state index in [0.717, 1.165) is 17.1 Å². The Hall–Kier alpha value is -2.34. The highest BCUT2D eigenvalue weighted by atomic mass is 32.1. The minimum Gasteiger partial charge on any atom is -0.423 e. The number of hydrogen-bond donors (Lipinski definition) is 2. The quantitative estimate of drug-likeness (QED) is 0.521. The average Bonchev–Trinajstić information content (AvgIpc) is 3.33. The van der Waals surface area contributed by atoms with Crippen LogP contribution in [0.25, 0.3) is 11.1 Å². The lowest BCUT2D eigenvalue weighted by atomic mass is 9.78. The molecular formula is C23H30N4OS. The highest BCUT2D eigenvalue weighted by Gasteiger charge is 2.37. The number of thiophene rings is 1. The number of hydrogen-bond acceptors (Lipinski definition) is 6. The van der Waals surface area contributed by atoms with E-state index in [2.05, 4.69) is 48.5 Å². The zero-order valence-corrected chi connectivity index (χ0v) is 18.3. The van der Waals surface area contributed by atoms with Crippen molar-refractivity contribution in [3.63, 3.8) is 0 Å². The molecule has 3 heterocycles. The van der Waals surface area contributed by atoms with Crippen LogP contribution in [0.1, 0.15) is 61.7 Å². The van der Waals surface area contributed by atoms with Gasteiger partial charge in [-0.1, -0.05) is 45.2 Å². The summed E-state index contributed by atoms with van der Waals surface area (Å²) in [5.74, 6) is 1.34. The standard InChI is InChI=1S/C20H22N4OS.C3H8/c1-12-10-11-17(26-12)18-13-6-2-3-7-14(13)21-19(23-18)24-20-22-15-8-4-5-9-16(15)25-20;1-3-2/h4-5,8-11,13-14,18H,2-3,6-7H2,1H3,(H2,21,22,23,24);3H2,1-2H3. The smallest absolute Gasteiger partial charge is 0.302 e. The second-order valence-corrected chi connectivity index (χ2v) is 9.21. The van der Waals surface area contributed by atoms with E-state index in [1.807, 2.05) is 35.6 Å². The summed E-state index contributed by atoms with van der Waals surface area (Å²) in [5, 5.41) is 6.87. The predicted octanol–water partition coefficient (Wildman–Crippen LogP) is 6.29. The van der Waals surface area contributed by atoms with Crippen LogP contribution in [0.5, 0.6) is 0 Å². The van der Waals surface area contributed by atoms with Gasteiger partial charge in [0.25, 0.3) is 0 Å². The molecule has 1 fully saturated rings. The van der Waals surface area contributed by atoms with Gasteiger partial charge in [0.15, 0.2) is 11.5 Å². The molecule has 1 aliphatic carbocycles. The van der Waals surface area contributed by atoms with Gasteiger partial charge < -0.3 is 9.73 Å². The van der Waals surface area contributed by atoms with E-state index < -0.39 is 0 Å². The van der Waals surface area contributed by atoms with E-state index in [9.17, 15) is 0 Å². The van der Waals surface area contributed by atoms with Crippen molar-refractivity contribution in [2.45, 2.75) is 65.0 Å². The van der Waals surface area contributed by atoms with Gasteiger partial charge in [0.2, 0.25) is 0 Å². The van der Waals surface area contributed by atoms with Crippen molar-refractivity contribution >= 4 is 34.4 Å². The lowest BCUT2D eigenvalue weighted by Crippen LogP contribution is -2.50. The lowest BCUT2D eigenvalue weighted by molar-refractivity contribution is 0.237. The molecule has 0 spiro atoms. The topological polar surface area (TPSA) is 62.5 Å². The number of nitrogens with one attached hydrogen (secondary N) is 2. The van der Waals surface area contributed by atoms with Crippen molar-refractivity contribution in [2.75, 3.05) is 5.32 Å². The maximum Gasteiger partial charge on any atom is 0.302 e. The Morgan fingerprint density at radius 2 is 1.93 bits per heavy atom. The molecule has 3 aromatic rings. The van der Waals surface area contributed by atoms with E-state index in [1.54, 1.807) is 0 Å². The molecule has 1 saturated carbocycles. The SMILES string of the molecule is CCC.Cc1ccc(C2N=C(Nc3nc4ccccc4o3)NC3CCCCC32)s1. The fraction of sp³-hybridized carbons (Fsp3) is 0.478. The molecule has 154 valence electrons. The molecule has 0 amide bonds. The second kappa shape index (κ2) is 8.99. The maximum atomic E-state index is 5.81. The van der Waals surface area contributed by atoms with Gasteiger partial charge in [-0.2, -0.15) is 4.98 Å². The zero-order valence-electron chi connectivity index (χ0n) is 17.4. The van der Waals surface area contributed by atoms with Crippen LogP contribution >= 0.6 is 11.3 Å². The van der Waals surface area contributed by atoms with E-state index >= 15 is 0 Å². The minimum atomic E-state index is 0.215. The maximum absolute atomic E-state index is 5.81. The number of nitrogens with zero attached hydrogens (tertiary/aromatic N) is 2. The van der Waals surface area contributed by atoms with Crippen LogP contribution in [0, 0.1) is 12.8 Å². The lowest BCUT2D eigenvalue weighted by Gasteiger charge is -2.40. The minimum absolute atomic E-state index is 0.215. The van der Waals surface area contributed by atoms with Gasteiger partial charge in [0.05, 0.1) is 6.04 Å². The Bertz CT molecular complexity index is 943. The molecule has 3 atom stereocenters. The summed E-state index contributed by atoms with van der Waals surface area (Å²) in [5.41, 5.74) is 1.64. The van der Waals surface area contributed by atoms with E-state index in [4.69, 9.17) is 9.41 Å². The Morgan fingerprint density at radius 3 is 2.69 bits per heavy atom. The number of para-hydroxylation sites is 2. The molecule has 3 unspecified atom stereocenters. The molecule has 6 heteroatoms. The van der Waals surface area contributed by atoms with Crippen LogP contribution in [0.2, 0.25) is 0 Å². The van der Waals surface area contributed by atoms with Crippen molar-refractivity contribution in [3.8, 4) is 0 Å². The second-order valence-electron chi connectivity index (χ2n) is 7.89. The highest BCUT2D eigenvalue weighted by molar-refractivity contribution is 7.12. The first-order valence-electron chi connectivity index (χ1n) is 10.7. The van der Waals surface area contributed by atoms with Crippen molar-refractivity contribution in [2.24, 2.45) is 10.9 Å². The molecule has 0 bridgehead atoms. The van der Waals surface area contributed by atoms with Crippen LogP contribution in [-0.4, -0.2) is 17.0 Å². The Labute approximate surface area is 176 Å². The van der Waals surface area contributed by atoms with Crippen molar-refractivity contribution in [1.82, 2.24) is 10.3 Å². The van der Waals surface area contributed by atoms with Gasteiger partial charge >= 0.3 is 6.01 Å². The van der Waals surface area contributed by atoms with Crippen LogP contribution < -0.4 is 10.6 Å². The van der Waals surface area contributed by atoms with Gasteiger partial charge in [-0.05, 0) is 44.0 Å². The molecule has 2 aromatic heterocycles. The number of benzene rings is 1.